The molecule has 1 aliphatic heterocycles. The predicted molar refractivity (Wildman–Crippen MR) is 55.3 cm³/mol. The molecule has 84 valence electrons. The molecule has 16 heavy (non-hydrogen) atoms. The number of nitrogens with two attached hydrogens (primary N) is 1. The number of amidine groups is 1. The third-order valence-electron chi connectivity index (χ3n) is 2.61. The van der Waals surface area contributed by atoms with Crippen molar-refractivity contribution in [3.05, 3.63) is 29.8 Å². The van der Waals surface area contributed by atoms with Crippen LogP contribution in [0.1, 0.15) is 24.4 Å². The summed E-state index contributed by atoms with van der Waals surface area (Å²) >= 11 is 0. The average Bonchev–Trinajstić information content (AvgIpc) is 2.60. The van der Waals surface area contributed by atoms with E-state index in [-0.39, 0.29) is 11.9 Å². The lowest BCUT2D eigenvalue weighted by Crippen LogP contribution is -2.38. The van der Waals surface area contributed by atoms with Gasteiger partial charge in [-0.1, -0.05) is 0 Å². The van der Waals surface area contributed by atoms with E-state index in [9.17, 15) is 9.18 Å². The fourth-order valence-corrected chi connectivity index (χ4v) is 1.92. The molecule has 2 amide bonds. The predicted octanol–water partition coefficient (Wildman–Crippen LogP) is 1.41. The molecular formula is C10H11FN4O. The van der Waals surface area contributed by atoms with Gasteiger partial charge in [0, 0.05) is 12.6 Å². The van der Waals surface area contributed by atoms with Crippen LogP contribution in [0.2, 0.25) is 0 Å². The molecule has 0 aliphatic carbocycles. The highest BCUT2D eigenvalue weighted by molar-refractivity contribution is 5.97. The van der Waals surface area contributed by atoms with Gasteiger partial charge in [-0.3, -0.25) is 15.3 Å². The number of rotatable bonds is 1. The fraction of sp³-hybridized carbons (Fsp3) is 0.300. The summed E-state index contributed by atoms with van der Waals surface area (Å²) < 4.78 is 13.0. The van der Waals surface area contributed by atoms with E-state index in [1.54, 1.807) is 0 Å². The number of hydrogen-bond donors (Lipinski definition) is 2. The van der Waals surface area contributed by atoms with Crippen LogP contribution in [0.3, 0.4) is 0 Å². The first-order valence-corrected chi connectivity index (χ1v) is 4.86. The third-order valence-corrected chi connectivity index (χ3v) is 2.61. The lowest BCUT2D eigenvalue weighted by Gasteiger charge is -2.22. The molecule has 2 rings (SSSR count). The van der Waals surface area contributed by atoms with Gasteiger partial charge in [-0.25, -0.2) is 9.18 Å². The number of primary amides is 1. The zero-order chi connectivity index (χ0) is 11.7. The van der Waals surface area contributed by atoms with Crippen LogP contribution < -0.4 is 5.73 Å². The van der Waals surface area contributed by atoms with Crippen molar-refractivity contribution in [3.63, 3.8) is 0 Å². The zero-order valence-electron chi connectivity index (χ0n) is 8.48. The largest absolute Gasteiger partial charge is 0.351 e. The van der Waals surface area contributed by atoms with E-state index in [1.165, 1.54) is 17.2 Å². The van der Waals surface area contributed by atoms with Gasteiger partial charge in [-0.15, -0.1) is 0 Å². The molecule has 3 N–H and O–H groups in total. The summed E-state index contributed by atoms with van der Waals surface area (Å²) in [5.74, 6) is -0.290. The van der Waals surface area contributed by atoms with Gasteiger partial charge in [-0.2, -0.15) is 0 Å². The zero-order valence-corrected chi connectivity index (χ0v) is 8.48. The molecule has 1 aromatic rings. The second kappa shape index (κ2) is 3.88. The van der Waals surface area contributed by atoms with Crippen molar-refractivity contribution in [2.45, 2.75) is 18.9 Å². The highest BCUT2D eigenvalue weighted by Crippen LogP contribution is 2.32. The van der Waals surface area contributed by atoms with Crippen LogP contribution >= 0.6 is 0 Å². The number of carbonyl (C=O) groups excluding carboxylic acids is 1. The van der Waals surface area contributed by atoms with Gasteiger partial charge in [-0.05, 0) is 18.1 Å². The Bertz CT molecular complexity index is 448. The molecule has 0 spiro atoms. The summed E-state index contributed by atoms with van der Waals surface area (Å²) in [5, 5.41) is 7.58. The number of nitrogens with one attached hydrogen (secondary N) is 1. The fourth-order valence-electron chi connectivity index (χ4n) is 1.92. The van der Waals surface area contributed by atoms with Crippen molar-refractivity contribution in [2.24, 2.45) is 5.73 Å². The van der Waals surface area contributed by atoms with Crippen LogP contribution in [0, 0.1) is 11.2 Å². The van der Waals surface area contributed by atoms with Crippen molar-refractivity contribution in [2.75, 3.05) is 0 Å². The van der Waals surface area contributed by atoms with Gasteiger partial charge in [0.05, 0.1) is 12.2 Å². The number of halogens is 1. The average molecular weight is 222 g/mol. The molecule has 0 radical (unpaired) electrons. The molecule has 1 saturated heterocycles. The van der Waals surface area contributed by atoms with Gasteiger partial charge in [0.2, 0.25) is 0 Å². The Kier molecular flexibility index (Phi) is 2.55. The maximum Gasteiger partial charge on any atom is 0.320 e. The lowest BCUT2D eigenvalue weighted by molar-refractivity contribution is 0.221. The van der Waals surface area contributed by atoms with E-state index in [0.717, 1.165) is 6.20 Å². The van der Waals surface area contributed by atoms with Crippen molar-refractivity contribution in [1.29, 1.82) is 5.41 Å². The number of likely N-dealkylation sites (tertiary alicyclic amines) is 1. The van der Waals surface area contributed by atoms with E-state index in [1.807, 2.05) is 0 Å². The Morgan fingerprint density at radius 3 is 3.00 bits per heavy atom. The maximum absolute atomic E-state index is 13.0. The maximum atomic E-state index is 13.0. The second-order valence-corrected chi connectivity index (χ2v) is 3.65. The minimum Gasteiger partial charge on any atom is -0.351 e. The Hall–Kier alpha value is -1.98. The normalized spacial score (nSPS) is 20.2. The SMILES string of the molecule is N=C1CCC(c2cncc(F)c2)N1C(N)=O. The Labute approximate surface area is 91.6 Å². The summed E-state index contributed by atoms with van der Waals surface area (Å²) in [6.07, 6.45) is 3.62. The van der Waals surface area contributed by atoms with Crippen LogP contribution in [0.4, 0.5) is 9.18 Å². The lowest BCUT2D eigenvalue weighted by atomic mass is 10.1. The summed E-state index contributed by atoms with van der Waals surface area (Å²) in [6, 6.07) is 0.261. The highest BCUT2D eigenvalue weighted by atomic mass is 19.1. The topological polar surface area (TPSA) is 83.1 Å². The molecule has 1 fully saturated rings. The summed E-state index contributed by atoms with van der Waals surface area (Å²) in [6.45, 7) is 0. The van der Waals surface area contributed by atoms with Crippen molar-refractivity contribution in [3.8, 4) is 0 Å². The van der Waals surface area contributed by atoms with Gasteiger partial charge in [0.1, 0.15) is 11.7 Å². The first kappa shape index (κ1) is 10.5. The minimum absolute atomic E-state index is 0.168. The first-order valence-electron chi connectivity index (χ1n) is 4.86. The summed E-state index contributed by atoms with van der Waals surface area (Å²) in [7, 11) is 0. The standard InChI is InChI=1S/C10H11FN4O/c11-7-3-6(4-14-5-7)8-1-2-9(12)15(8)10(13)16/h3-5,8,12H,1-2H2,(H2,13,16). The minimum atomic E-state index is -0.684. The first-order chi connectivity index (χ1) is 7.59. The van der Waals surface area contributed by atoms with Crippen LogP contribution in [-0.2, 0) is 0 Å². The van der Waals surface area contributed by atoms with Crippen LogP contribution in [0.25, 0.3) is 0 Å². The number of amides is 2. The van der Waals surface area contributed by atoms with Gasteiger partial charge < -0.3 is 5.73 Å². The smallest absolute Gasteiger partial charge is 0.320 e. The Morgan fingerprint density at radius 2 is 2.38 bits per heavy atom. The number of aromatic nitrogens is 1. The highest BCUT2D eigenvalue weighted by Gasteiger charge is 2.33. The molecule has 5 nitrogen and oxygen atoms in total. The molecule has 2 heterocycles. The van der Waals surface area contributed by atoms with Crippen molar-refractivity contribution in [1.82, 2.24) is 9.88 Å². The van der Waals surface area contributed by atoms with E-state index in [4.69, 9.17) is 11.1 Å². The Balaban J connectivity index is 2.34. The van der Waals surface area contributed by atoms with Gasteiger partial charge in [0.15, 0.2) is 0 Å². The molecule has 0 bridgehead atoms. The van der Waals surface area contributed by atoms with E-state index >= 15 is 0 Å². The Morgan fingerprint density at radius 1 is 1.62 bits per heavy atom. The van der Waals surface area contributed by atoms with Crippen LogP contribution in [0.15, 0.2) is 18.5 Å². The van der Waals surface area contributed by atoms with Crippen molar-refractivity contribution < 1.29 is 9.18 Å². The quantitative estimate of drug-likeness (QED) is 0.753. The van der Waals surface area contributed by atoms with Crippen molar-refractivity contribution >= 4 is 11.9 Å². The molecule has 1 aliphatic rings. The monoisotopic (exact) mass is 222 g/mol. The van der Waals surface area contributed by atoms with E-state index < -0.39 is 11.8 Å². The van der Waals surface area contributed by atoms with Crippen LogP contribution in [0.5, 0.6) is 0 Å². The number of urea groups is 1. The number of carbonyl (C=O) groups is 1. The molecular weight excluding hydrogens is 211 g/mol. The molecule has 1 unspecified atom stereocenters. The summed E-state index contributed by atoms with van der Waals surface area (Å²) in [4.78, 5) is 16.1. The molecule has 6 heteroatoms. The van der Waals surface area contributed by atoms with Gasteiger partial charge in [0.25, 0.3) is 0 Å². The number of nitrogens with zero attached hydrogens (tertiary/aromatic N) is 2. The number of hydrogen-bond acceptors (Lipinski definition) is 3. The van der Waals surface area contributed by atoms with E-state index in [0.29, 0.717) is 18.4 Å². The molecule has 0 aromatic carbocycles. The molecule has 1 atom stereocenters. The van der Waals surface area contributed by atoms with Crippen LogP contribution in [-0.4, -0.2) is 21.8 Å². The number of pyridine rings is 1. The second-order valence-electron chi connectivity index (χ2n) is 3.65. The van der Waals surface area contributed by atoms with E-state index in [2.05, 4.69) is 4.98 Å². The third kappa shape index (κ3) is 1.73. The molecule has 0 saturated carbocycles. The molecule has 1 aromatic heterocycles. The summed E-state index contributed by atoms with van der Waals surface area (Å²) in [5.41, 5.74) is 5.76. The van der Waals surface area contributed by atoms with Gasteiger partial charge >= 0.3 is 6.03 Å².